The fourth-order valence-corrected chi connectivity index (χ4v) is 4.13. The predicted molar refractivity (Wildman–Crippen MR) is 86.1 cm³/mol. The average molecular weight is 316 g/mol. The molecule has 0 bridgehead atoms. The minimum atomic E-state index is -0.560. The highest BCUT2D eigenvalue weighted by molar-refractivity contribution is 5.34. The summed E-state index contributed by atoms with van der Waals surface area (Å²) in [6.45, 7) is 2.00. The van der Waals surface area contributed by atoms with E-state index in [4.69, 9.17) is 14.2 Å². The Balaban J connectivity index is 1.51. The molecule has 0 amide bonds. The molecule has 1 aromatic rings. The second-order valence-electron chi connectivity index (χ2n) is 6.74. The Bertz CT molecular complexity index is 572. The number of aliphatic hydroxyl groups is 1. The van der Waals surface area contributed by atoms with Gasteiger partial charge in [0.1, 0.15) is 18.3 Å². The molecule has 1 N–H and O–H groups in total. The van der Waals surface area contributed by atoms with Crippen LogP contribution in [-0.4, -0.2) is 41.9 Å². The zero-order valence-electron chi connectivity index (χ0n) is 13.5. The molecular formula is C19H24O4. The van der Waals surface area contributed by atoms with Crippen molar-refractivity contribution in [3.63, 3.8) is 0 Å². The topological polar surface area (TPSA) is 47.9 Å². The predicted octanol–water partition coefficient (Wildman–Crippen LogP) is 2.38. The molecule has 0 saturated carbocycles. The van der Waals surface area contributed by atoms with Gasteiger partial charge in [0, 0.05) is 12.8 Å². The molecule has 4 heteroatoms. The normalized spacial score (nSPS) is 34.3. The highest BCUT2D eigenvalue weighted by Gasteiger charge is 2.59. The molecule has 124 valence electrons. The summed E-state index contributed by atoms with van der Waals surface area (Å²) >= 11 is 0. The van der Waals surface area contributed by atoms with Gasteiger partial charge >= 0.3 is 0 Å². The largest absolute Gasteiger partial charge is 0.394 e. The monoisotopic (exact) mass is 316 g/mol. The molecule has 2 saturated heterocycles. The van der Waals surface area contributed by atoms with Gasteiger partial charge in [-0.3, -0.25) is 0 Å². The zero-order valence-corrected chi connectivity index (χ0v) is 13.5. The van der Waals surface area contributed by atoms with Crippen LogP contribution in [-0.2, 0) is 27.1 Å². The summed E-state index contributed by atoms with van der Waals surface area (Å²) in [5, 5.41) is 9.63. The first-order valence-corrected chi connectivity index (χ1v) is 8.54. The Morgan fingerprint density at radius 1 is 1.13 bits per heavy atom. The standard InChI is InChI=1S/C19H24O4/c1-2-3-4-9-15-17-18(16(12-20)21-15)23-19(22-17)10-13-7-5-6-8-14(13)11-19/h2-3,5-8,15-18,20H,4,9-12H2,1H3. The number of fused-ring (bicyclic) bond motifs is 2. The quantitative estimate of drug-likeness (QED) is 0.867. The summed E-state index contributed by atoms with van der Waals surface area (Å²) in [6, 6.07) is 8.42. The summed E-state index contributed by atoms with van der Waals surface area (Å²) in [6.07, 6.45) is 7.10. The second-order valence-corrected chi connectivity index (χ2v) is 6.74. The lowest BCUT2D eigenvalue weighted by Crippen LogP contribution is -2.36. The van der Waals surface area contributed by atoms with Crippen LogP contribution in [0.1, 0.15) is 30.9 Å². The summed E-state index contributed by atoms with van der Waals surface area (Å²) in [7, 11) is 0. The van der Waals surface area contributed by atoms with E-state index in [1.54, 1.807) is 0 Å². The van der Waals surface area contributed by atoms with Crippen molar-refractivity contribution < 1.29 is 19.3 Å². The first kappa shape index (κ1) is 15.3. The first-order chi connectivity index (χ1) is 11.2. The number of ether oxygens (including phenoxy) is 3. The molecule has 4 nitrogen and oxygen atoms in total. The number of hydrogen-bond donors (Lipinski definition) is 1. The van der Waals surface area contributed by atoms with Gasteiger partial charge in [-0.1, -0.05) is 36.4 Å². The van der Waals surface area contributed by atoms with Crippen molar-refractivity contribution >= 4 is 0 Å². The van der Waals surface area contributed by atoms with E-state index in [1.807, 2.05) is 6.92 Å². The van der Waals surface area contributed by atoms with Crippen LogP contribution in [0.15, 0.2) is 36.4 Å². The number of allylic oxidation sites excluding steroid dienone is 2. The fraction of sp³-hybridized carbons (Fsp3) is 0.579. The summed E-state index contributed by atoms with van der Waals surface area (Å²) in [4.78, 5) is 0. The first-order valence-electron chi connectivity index (χ1n) is 8.54. The summed E-state index contributed by atoms with van der Waals surface area (Å²) in [5.74, 6) is -0.560. The van der Waals surface area contributed by atoms with Crippen LogP contribution >= 0.6 is 0 Å². The summed E-state index contributed by atoms with van der Waals surface area (Å²) < 4.78 is 18.7. The Labute approximate surface area is 137 Å². The van der Waals surface area contributed by atoms with E-state index in [0.717, 1.165) is 25.7 Å². The van der Waals surface area contributed by atoms with E-state index < -0.39 is 5.79 Å². The maximum absolute atomic E-state index is 9.63. The van der Waals surface area contributed by atoms with Gasteiger partial charge in [0.15, 0.2) is 5.79 Å². The Kier molecular flexibility index (Phi) is 4.01. The molecule has 2 aliphatic heterocycles. The van der Waals surface area contributed by atoms with Crippen LogP contribution in [0.4, 0.5) is 0 Å². The molecule has 0 radical (unpaired) electrons. The van der Waals surface area contributed by atoms with Gasteiger partial charge in [-0.05, 0) is 30.9 Å². The van der Waals surface area contributed by atoms with Crippen molar-refractivity contribution in [3.8, 4) is 0 Å². The minimum absolute atomic E-state index is 0.00330. The van der Waals surface area contributed by atoms with Crippen molar-refractivity contribution in [1.82, 2.24) is 0 Å². The molecule has 2 fully saturated rings. The van der Waals surface area contributed by atoms with E-state index in [2.05, 4.69) is 36.4 Å². The van der Waals surface area contributed by atoms with Gasteiger partial charge in [0.2, 0.25) is 0 Å². The number of hydrogen-bond acceptors (Lipinski definition) is 4. The van der Waals surface area contributed by atoms with E-state index >= 15 is 0 Å². The summed E-state index contributed by atoms with van der Waals surface area (Å²) in [5.41, 5.74) is 2.61. The van der Waals surface area contributed by atoms with Crippen molar-refractivity contribution in [2.45, 2.75) is 62.8 Å². The third-order valence-corrected chi connectivity index (χ3v) is 5.18. The zero-order chi connectivity index (χ0) is 15.9. The van der Waals surface area contributed by atoms with Crippen LogP contribution in [0.25, 0.3) is 0 Å². The van der Waals surface area contributed by atoms with E-state index in [9.17, 15) is 5.11 Å². The lowest BCUT2D eigenvalue weighted by molar-refractivity contribution is -0.205. The van der Waals surface area contributed by atoms with Crippen molar-refractivity contribution in [2.24, 2.45) is 0 Å². The van der Waals surface area contributed by atoms with E-state index in [0.29, 0.717) is 0 Å². The molecule has 4 unspecified atom stereocenters. The SMILES string of the molecule is CC=CCCC1OC(CO)C2OC3(Cc4ccccc4C3)OC12. The highest BCUT2D eigenvalue weighted by atomic mass is 16.8. The second kappa shape index (κ2) is 6.02. The van der Waals surface area contributed by atoms with Gasteiger partial charge in [-0.15, -0.1) is 0 Å². The number of aliphatic hydroxyl groups excluding tert-OH is 1. The Hall–Kier alpha value is -1.20. The van der Waals surface area contributed by atoms with Gasteiger partial charge in [0.25, 0.3) is 0 Å². The van der Waals surface area contributed by atoms with Crippen LogP contribution in [0.2, 0.25) is 0 Å². The third-order valence-electron chi connectivity index (χ3n) is 5.18. The van der Waals surface area contributed by atoms with Crippen LogP contribution < -0.4 is 0 Å². The van der Waals surface area contributed by atoms with Crippen LogP contribution in [0.5, 0.6) is 0 Å². The molecule has 2 heterocycles. The lowest BCUT2D eigenvalue weighted by Gasteiger charge is -2.26. The molecule has 1 aliphatic carbocycles. The Morgan fingerprint density at radius 2 is 1.78 bits per heavy atom. The van der Waals surface area contributed by atoms with E-state index in [-0.39, 0.29) is 31.0 Å². The molecule has 1 aromatic carbocycles. The molecule has 4 rings (SSSR count). The van der Waals surface area contributed by atoms with Gasteiger partial charge < -0.3 is 19.3 Å². The number of rotatable bonds is 4. The van der Waals surface area contributed by atoms with Crippen LogP contribution in [0, 0.1) is 0 Å². The lowest BCUT2D eigenvalue weighted by atomic mass is 10.0. The van der Waals surface area contributed by atoms with Crippen molar-refractivity contribution in [3.05, 3.63) is 47.5 Å². The van der Waals surface area contributed by atoms with E-state index in [1.165, 1.54) is 11.1 Å². The fourth-order valence-electron chi connectivity index (χ4n) is 4.13. The molecule has 1 spiro atoms. The third kappa shape index (κ3) is 2.64. The van der Waals surface area contributed by atoms with Crippen LogP contribution in [0.3, 0.4) is 0 Å². The maximum atomic E-state index is 9.63. The maximum Gasteiger partial charge on any atom is 0.177 e. The van der Waals surface area contributed by atoms with Crippen molar-refractivity contribution in [1.29, 1.82) is 0 Å². The van der Waals surface area contributed by atoms with Crippen molar-refractivity contribution in [2.75, 3.05) is 6.61 Å². The molecule has 4 atom stereocenters. The molecule has 3 aliphatic rings. The average Bonchev–Trinajstić information content (AvgIpc) is 3.19. The molecular weight excluding hydrogens is 292 g/mol. The highest BCUT2D eigenvalue weighted by Crippen LogP contribution is 2.46. The smallest absolute Gasteiger partial charge is 0.177 e. The minimum Gasteiger partial charge on any atom is -0.394 e. The number of benzene rings is 1. The van der Waals surface area contributed by atoms with Gasteiger partial charge in [0.05, 0.1) is 12.7 Å². The van der Waals surface area contributed by atoms with Gasteiger partial charge in [-0.2, -0.15) is 0 Å². The molecule has 0 aromatic heterocycles. The molecule has 23 heavy (non-hydrogen) atoms. The Morgan fingerprint density at radius 3 is 2.39 bits per heavy atom. The van der Waals surface area contributed by atoms with Gasteiger partial charge in [-0.25, -0.2) is 0 Å².